The van der Waals surface area contributed by atoms with Crippen molar-refractivity contribution in [1.82, 2.24) is 0 Å². The van der Waals surface area contributed by atoms with Gasteiger partial charge in [-0.25, -0.2) is 0 Å². The Morgan fingerprint density at radius 2 is 0.378 bits per heavy atom. The van der Waals surface area contributed by atoms with Crippen LogP contribution in [0.3, 0.4) is 0 Å². The van der Waals surface area contributed by atoms with E-state index in [2.05, 4.69) is 90.4 Å². The number of carbonyl (C=O) groups excluding carboxylic acids is 4. The molecule has 0 bridgehead atoms. The van der Waals surface area contributed by atoms with Crippen LogP contribution in [0.5, 0.6) is 0 Å². The van der Waals surface area contributed by atoms with Crippen molar-refractivity contribution < 1.29 is 47.1 Å². The topological polar surface area (TPSA) is 105 Å². The Hall–Kier alpha value is -3.24. The number of nitrogens with zero attached hydrogens (tertiary/aromatic N) is 2. The van der Waals surface area contributed by atoms with E-state index in [-0.39, 0.29) is 48.3 Å². The standard InChI is InChI=1S/C88H166N2O8/c1-11-15-19-23-27-31-35-39-43-47-51-55-59-63-67-71-85(91)95-81(5)77-89(9,78-82(6)96-86(92)72-68-64-60-56-52-48-44-40-36-32-28-24-20-16-12-2)75-76-90(10,79-83(7)97-87(93)73-69-65-61-57-53-49-45-41-37-33-29-25-21-17-13-3)80-84(8)98-88(94)74-70-66-62-58-54-50-46-42-38-34-30-26-22-18-14-4/h39-46,81-84H,11-38,47-80H2,1-10H3/q+2/b43-39+,44-40+,45-41+,46-42+. The maximum absolute atomic E-state index is 13.5. The summed E-state index contributed by atoms with van der Waals surface area (Å²) in [6.07, 6.45) is 82.0. The normalized spacial score (nSPS) is 14.5. The third-order valence-electron chi connectivity index (χ3n) is 19.9. The van der Waals surface area contributed by atoms with Crippen LogP contribution >= 0.6 is 0 Å². The lowest BCUT2D eigenvalue weighted by atomic mass is 10.1. The predicted octanol–water partition coefficient (Wildman–Crippen LogP) is 25.8. The summed E-state index contributed by atoms with van der Waals surface area (Å²) in [5.41, 5.74) is 0. The molecule has 0 saturated carbocycles. The van der Waals surface area contributed by atoms with E-state index in [4.69, 9.17) is 18.9 Å². The molecule has 0 rings (SSSR count). The van der Waals surface area contributed by atoms with Crippen LogP contribution in [0.2, 0.25) is 0 Å². The smallest absolute Gasteiger partial charge is 0.306 e. The van der Waals surface area contributed by atoms with Gasteiger partial charge in [0.25, 0.3) is 0 Å². The summed E-state index contributed by atoms with van der Waals surface area (Å²) in [6.45, 7) is 20.6. The van der Waals surface area contributed by atoms with Gasteiger partial charge in [-0.1, -0.05) is 282 Å². The first-order valence-corrected chi connectivity index (χ1v) is 42.7. The number of hydrogen-bond acceptors (Lipinski definition) is 8. The van der Waals surface area contributed by atoms with Crippen LogP contribution in [-0.2, 0) is 38.1 Å². The summed E-state index contributed by atoms with van der Waals surface area (Å²) in [5.74, 6) is -0.624. The maximum Gasteiger partial charge on any atom is 0.306 e. The molecule has 10 nitrogen and oxygen atoms in total. The molecule has 0 aromatic rings. The lowest BCUT2D eigenvalue weighted by molar-refractivity contribution is -0.968. The Bertz CT molecular complexity index is 1650. The van der Waals surface area contributed by atoms with E-state index in [0.717, 1.165) is 103 Å². The molecule has 0 amide bonds. The van der Waals surface area contributed by atoms with Crippen molar-refractivity contribution in [1.29, 1.82) is 0 Å². The van der Waals surface area contributed by atoms with E-state index in [1.54, 1.807) is 0 Å². The molecule has 0 aromatic carbocycles. The molecule has 4 atom stereocenters. The zero-order valence-electron chi connectivity index (χ0n) is 66.9. The largest absolute Gasteiger partial charge is 0.457 e. The summed E-state index contributed by atoms with van der Waals surface area (Å²) >= 11 is 0. The number of likely N-dealkylation sites (N-methyl/N-ethyl adjacent to an activating group) is 2. The molecule has 0 spiro atoms. The highest BCUT2D eigenvalue weighted by atomic mass is 16.6. The fourth-order valence-corrected chi connectivity index (χ4v) is 14.1. The van der Waals surface area contributed by atoms with Crippen molar-refractivity contribution in [2.75, 3.05) is 53.4 Å². The van der Waals surface area contributed by atoms with Crippen molar-refractivity contribution in [3.63, 3.8) is 0 Å². The van der Waals surface area contributed by atoms with Gasteiger partial charge in [0.05, 0.1) is 14.1 Å². The summed E-state index contributed by atoms with van der Waals surface area (Å²) in [5, 5.41) is 0. The predicted molar refractivity (Wildman–Crippen MR) is 422 cm³/mol. The third-order valence-corrected chi connectivity index (χ3v) is 19.9. The molecule has 0 aliphatic rings. The van der Waals surface area contributed by atoms with Crippen molar-refractivity contribution in [2.45, 2.75) is 439 Å². The summed E-state index contributed by atoms with van der Waals surface area (Å²) in [6, 6.07) is 0. The van der Waals surface area contributed by atoms with Crippen LogP contribution in [0.25, 0.3) is 0 Å². The quantitative estimate of drug-likeness (QED) is 0.0195. The second kappa shape index (κ2) is 70.8. The van der Waals surface area contributed by atoms with Crippen molar-refractivity contribution in [3.05, 3.63) is 48.6 Å². The molecule has 0 heterocycles. The Kier molecular flexibility index (Phi) is 68.4. The second-order valence-electron chi connectivity index (χ2n) is 31.0. The lowest BCUT2D eigenvalue weighted by Crippen LogP contribution is -2.61. The van der Waals surface area contributed by atoms with Crippen LogP contribution in [0, 0.1) is 0 Å². The lowest BCUT2D eigenvalue weighted by Gasteiger charge is -2.43. The molecule has 0 saturated heterocycles. The molecule has 574 valence electrons. The molecule has 0 fully saturated rings. The number of esters is 4. The average Bonchev–Trinajstić information content (AvgIpc) is 0.837. The molecule has 0 aliphatic heterocycles. The van der Waals surface area contributed by atoms with Gasteiger partial charge in [-0.2, -0.15) is 0 Å². The summed E-state index contributed by atoms with van der Waals surface area (Å²) < 4.78 is 25.8. The molecule has 0 aromatic heterocycles. The maximum atomic E-state index is 13.5. The zero-order valence-corrected chi connectivity index (χ0v) is 66.9. The van der Waals surface area contributed by atoms with Crippen LogP contribution in [0.15, 0.2) is 48.6 Å². The molecule has 98 heavy (non-hydrogen) atoms. The molecular weight excluding hydrogens is 1210 g/mol. The van der Waals surface area contributed by atoms with Gasteiger partial charge in [0.2, 0.25) is 0 Å². The van der Waals surface area contributed by atoms with Gasteiger partial charge in [0.15, 0.2) is 0 Å². The Morgan fingerprint density at radius 3 is 0.541 bits per heavy atom. The van der Waals surface area contributed by atoms with E-state index >= 15 is 0 Å². The number of ether oxygens (including phenoxy) is 4. The molecule has 0 aliphatic carbocycles. The summed E-state index contributed by atoms with van der Waals surface area (Å²) in [7, 11) is 4.39. The van der Waals surface area contributed by atoms with Gasteiger partial charge >= 0.3 is 23.9 Å². The van der Waals surface area contributed by atoms with Gasteiger partial charge in [0, 0.05) is 25.7 Å². The second-order valence-corrected chi connectivity index (χ2v) is 31.0. The van der Waals surface area contributed by atoms with Crippen LogP contribution in [-0.4, -0.2) is 111 Å². The fraction of sp³-hybridized carbons (Fsp3) is 0.864. The number of hydrogen-bond donors (Lipinski definition) is 0. The third kappa shape index (κ3) is 67.3. The molecule has 10 heteroatoms. The van der Waals surface area contributed by atoms with Crippen LogP contribution in [0.4, 0.5) is 0 Å². The number of allylic oxidation sites excluding steroid dienone is 8. The number of carbonyl (C=O) groups is 4. The van der Waals surface area contributed by atoms with Crippen molar-refractivity contribution >= 4 is 23.9 Å². The highest BCUT2D eigenvalue weighted by Crippen LogP contribution is 2.21. The first kappa shape index (κ1) is 94.8. The SMILES string of the molecule is CCCCCCCC/C=C/CCCCCCCC(=O)OC(C)C[N+](C)(CC[N+](C)(CC(C)OC(=O)CCCCCCC/C=C/CCCCCCCC)CC(C)OC(=O)CCCCCCC/C=C/CCCCCCCC)CC(C)OC(=O)CCCCCCC/C=C/CCCCCCCC. The zero-order chi connectivity index (χ0) is 71.9. The van der Waals surface area contributed by atoms with E-state index in [1.165, 1.54) is 231 Å². The van der Waals surface area contributed by atoms with Gasteiger partial charge in [-0.05, 0) is 156 Å². The molecule has 4 unspecified atom stereocenters. The minimum absolute atomic E-state index is 0.156. The van der Waals surface area contributed by atoms with E-state index in [1.807, 2.05) is 27.7 Å². The van der Waals surface area contributed by atoms with Gasteiger partial charge in [-0.3, -0.25) is 19.2 Å². The first-order valence-electron chi connectivity index (χ1n) is 42.7. The van der Waals surface area contributed by atoms with Crippen molar-refractivity contribution in [2.24, 2.45) is 0 Å². The monoisotopic (exact) mass is 1380 g/mol. The number of unbranched alkanes of at least 4 members (excludes halogenated alkanes) is 44. The Labute approximate surface area is 609 Å². The summed E-state index contributed by atoms with van der Waals surface area (Å²) in [4.78, 5) is 53.8. The fourth-order valence-electron chi connectivity index (χ4n) is 14.1. The van der Waals surface area contributed by atoms with Gasteiger partial charge < -0.3 is 27.9 Å². The van der Waals surface area contributed by atoms with Gasteiger partial charge in [-0.15, -0.1) is 0 Å². The highest BCUT2D eigenvalue weighted by Gasteiger charge is 2.37. The highest BCUT2D eigenvalue weighted by molar-refractivity contribution is 5.70. The van der Waals surface area contributed by atoms with Crippen LogP contribution in [0.1, 0.15) is 415 Å². The van der Waals surface area contributed by atoms with E-state index < -0.39 is 0 Å². The average molecular weight is 1380 g/mol. The molecule has 0 N–H and O–H groups in total. The Balaban J connectivity index is 5.92. The number of rotatable bonds is 75. The Morgan fingerprint density at radius 1 is 0.235 bits per heavy atom. The first-order chi connectivity index (χ1) is 47.6. The molecular formula is C88H166N2O8+2. The van der Waals surface area contributed by atoms with E-state index in [9.17, 15) is 19.2 Å². The van der Waals surface area contributed by atoms with Crippen LogP contribution < -0.4 is 0 Å². The minimum atomic E-state index is -0.360. The molecule has 0 radical (unpaired) electrons. The van der Waals surface area contributed by atoms with Gasteiger partial charge in [0.1, 0.15) is 63.7 Å². The number of quaternary nitrogens is 2. The minimum Gasteiger partial charge on any atom is -0.457 e. The van der Waals surface area contributed by atoms with E-state index in [0.29, 0.717) is 73.9 Å². The van der Waals surface area contributed by atoms with Crippen molar-refractivity contribution in [3.8, 4) is 0 Å².